The minimum absolute atomic E-state index is 0.0948. The number of amides is 1. The van der Waals surface area contributed by atoms with Gasteiger partial charge in [-0.2, -0.15) is 0 Å². The first kappa shape index (κ1) is 19.5. The molecule has 1 aromatic heterocycles. The molecule has 0 saturated carbocycles. The van der Waals surface area contributed by atoms with Crippen molar-refractivity contribution in [3.63, 3.8) is 0 Å². The van der Waals surface area contributed by atoms with Gasteiger partial charge in [-0.05, 0) is 31.4 Å². The number of sulfonamides is 1. The molecule has 6 nitrogen and oxygen atoms in total. The van der Waals surface area contributed by atoms with Gasteiger partial charge < -0.3 is 4.90 Å². The summed E-state index contributed by atoms with van der Waals surface area (Å²) in [5, 5.41) is 5.97. The van der Waals surface area contributed by atoms with Gasteiger partial charge in [0.1, 0.15) is 0 Å². The summed E-state index contributed by atoms with van der Waals surface area (Å²) in [6.45, 7) is 2.94. The van der Waals surface area contributed by atoms with Crippen molar-refractivity contribution in [1.82, 2.24) is 9.88 Å². The average molecular weight is 410 g/mol. The highest BCUT2D eigenvalue weighted by atomic mass is 32.2. The number of hydrogen-bond acceptors (Lipinski definition) is 4. The van der Waals surface area contributed by atoms with E-state index in [9.17, 15) is 13.2 Å². The first-order chi connectivity index (χ1) is 13.8. The van der Waals surface area contributed by atoms with Crippen molar-refractivity contribution >= 4 is 26.8 Å². The van der Waals surface area contributed by atoms with E-state index in [4.69, 9.17) is 10.1 Å². The predicted octanol–water partition coefficient (Wildman–Crippen LogP) is 2.96. The standard InChI is InChI=1S/C22H23N3O3S/c1-15-6-8-17(9-7-15)21-12-19(18-4-2-3-5-20(18)24-21)22(26)25-11-10-16(13-25)14-29(23,27)28/h2-9,12,16H,10-11,13-14H2,1H3,(H2,23,27,28)/t16-/m1/s1. The number of fused-ring (bicyclic) bond motifs is 1. The van der Waals surface area contributed by atoms with Gasteiger partial charge in [0.25, 0.3) is 5.91 Å². The summed E-state index contributed by atoms with van der Waals surface area (Å²) in [6, 6.07) is 17.5. The molecule has 2 aromatic carbocycles. The normalized spacial score (nSPS) is 17.0. The maximum atomic E-state index is 13.3. The molecule has 1 saturated heterocycles. The number of nitrogens with zero attached hydrogens (tertiary/aromatic N) is 2. The van der Waals surface area contributed by atoms with Crippen LogP contribution in [0.1, 0.15) is 22.3 Å². The van der Waals surface area contributed by atoms with Crippen molar-refractivity contribution in [3.8, 4) is 11.3 Å². The van der Waals surface area contributed by atoms with E-state index in [0.29, 0.717) is 25.1 Å². The fourth-order valence-corrected chi connectivity index (χ4v) is 4.81. The molecule has 1 atom stereocenters. The number of nitrogens with two attached hydrogens (primary N) is 1. The van der Waals surface area contributed by atoms with Gasteiger partial charge in [-0.15, -0.1) is 0 Å². The number of benzene rings is 2. The minimum Gasteiger partial charge on any atom is -0.338 e. The number of primary sulfonamides is 1. The zero-order valence-electron chi connectivity index (χ0n) is 16.2. The Hall–Kier alpha value is -2.77. The lowest BCUT2D eigenvalue weighted by Crippen LogP contribution is -2.31. The van der Waals surface area contributed by atoms with Gasteiger partial charge in [0.2, 0.25) is 10.0 Å². The van der Waals surface area contributed by atoms with Crippen LogP contribution in [0.4, 0.5) is 0 Å². The third-order valence-electron chi connectivity index (χ3n) is 5.33. The van der Waals surface area contributed by atoms with Crippen LogP contribution in [0.2, 0.25) is 0 Å². The van der Waals surface area contributed by atoms with Gasteiger partial charge in [0.15, 0.2) is 0 Å². The van der Waals surface area contributed by atoms with Crippen LogP contribution >= 0.6 is 0 Å². The van der Waals surface area contributed by atoms with Crippen LogP contribution in [-0.2, 0) is 10.0 Å². The van der Waals surface area contributed by atoms with Crippen LogP contribution < -0.4 is 5.14 Å². The third kappa shape index (κ3) is 4.31. The lowest BCUT2D eigenvalue weighted by molar-refractivity contribution is 0.0790. The number of hydrogen-bond donors (Lipinski definition) is 1. The molecule has 3 aromatic rings. The Morgan fingerprint density at radius 3 is 2.62 bits per heavy atom. The zero-order chi connectivity index (χ0) is 20.6. The number of likely N-dealkylation sites (tertiary alicyclic amines) is 1. The van der Waals surface area contributed by atoms with Gasteiger partial charge in [-0.25, -0.2) is 18.5 Å². The minimum atomic E-state index is -3.55. The van der Waals surface area contributed by atoms with Crippen molar-refractivity contribution in [3.05, 3.63) is 65.7 Å². The molecular weight excluding hydrogens is 386 g/mol. The summed E-state index contributed by atoms with van der Waals surface area (Å²) in [7, 11) is -3.55. The van der Waals surface area contributed by atoms with Gasteiger partial charge in [-0.1, -0.05) is 48.0 Å². The second kappa shape index (κ2) is 7.57. The highest BCUT2D eigenvalue weighted by Crippen LogP contribution is 2.28. The SMILES string of the molecule is Cc1ccc(-c2cc(C(=O)N3CC[C@@H](CS(N)(=O)=O)C3)c3ccccc3n2)cc1. The number of aromatic nitrogens is 1. The van der Waals surface area contributed by atoms with E-state index in [1.165, 1.54) is 0 Å². The Morgan fingerprint density at radius 2 is 1.90 bits per heavy atom. The van der Waals surface area contributed by atoms with Crippen molar-refractivity contribution < 1.29 is 13.2 Å². The molecule has 0 spiro atoms. The van der Waals surface area contributed by atoms with E-state index >= 15 is 0 Å². The lowest BCUT2D eigenvalue weighted by Gasteiger charge is -2.18. The number of carbonyl (C=O) groups is 1. The molecule has 0 unspecified atom stereocenters. The second-order valence-corrected chi connectivity index (χ2v) is 9.33. The molecule has 7 heteroatoms. The zero-order valence-corrected chi connectivity index (χ0v) is 17.0. The fourth-order valence-electron chi connectivity index (χ4n) is 3.88. The largest absolute Gasteiger partial charge is 0.338 e. The number of para-hydroxylation sites is 1. The summed E-state index contributed by atoms with van der Waals surface area (Å²) in [6.07, 6.45) is 0.635. The van der Waals surface area contributed by atoms with E-state index in [1.54, 1.807) is 4.90 Å². The van der Waals surface area contributed by atoms with Gasteiger partial charge >= 0.3 is 0 Å². The van der Waals surface area contributed by atoms with E-state index < -0.39 is 10.0 Å². The summed E-state index contributed by atoms with van der Waals surface area (Å²) >= 11 is 0. The van der Waals surface area contributed by atoms with Crippen LogP contribution in [0.25, 0.3) is 22.2 Å². The van der Waals surface area contributed by atoms with E-state index in [0.717, 1.165) is 27.7 Å². The molecule has 0 aliphatic carbocycles. The predicted molar refractivity (Wildman–Crippen MR) is 114 cm³/mol. The molecule has 2 N–H and O–H groups in total. The third-order valence-corrected chi connectivity index (χ3v) is 6.27. The van der Waals surface area contributed by atoms with Crippen LogP contribution in [-0.4, -0.2) is 43.1 Å². The lowest BCUT2D eigenvalue weighted by atomic mass is 10.0. The van der Waals surface area contributed by atoms with Gasteiger partial charge in [-0.3, -0.25) is 4.79 Å². The number of pyridine rings is 1. The topological polar surface area (TPSA) is 93.4 Å². The molecule has 2 heterocycles. The van der Waals surface area contributed by atoms with Crippen LogP contribution in [0.3, 0.4) is 0 Å². The first-order valence-corrected chi connectivity index (χ1v) is 11.3. The molecule has 150 valence electrons. The Labute approximate surface area is 170 Å². The van der Waals surface area contributed by atoms with Crippen LogP contribution in [0.5, 0.6) is 0 Å². The van der Waals surface area contributed by atoms with Crippen LogP contribution in [0.15, 0.2) is 54.6 Å². The summed E-state index contributed by atoms with van der Waals surface area (Å²) in [5.74, 6) is -0.324. The van der Waals surface area contributed by atoms with Crippen molar-refractivity contribution in [2.24, 2.45) is 11.1 Å². The summed E-state index contributed by atoms with van der Waals surface area (Å²) < 4.78 is 22.8. The van der Waals surface area contributed by atoms with Gasteiger partial charge in [0, 0.05) is 24.0 Å². The fraction of sp³-hybridized carbons (Fsp3) is 0.273. The Morgan fingerprint density at radius 1 is 1.17 bits per heavy atom. The molecule has 1 aliphatic rings. The quantitative estimate of drug-likeness (QED) is 0.717. The number of rotatable bonds is 4. The summed E-state index contributed by atoms with van der Waals surface area (Å²) in [5.41, 5.74) is 4.19. The molecule has 0 radical (unpaired) electrons. The van der Waals surface area contributed by atoms with Crippen LogP contribution in [0, 0.1) is 12.8 Å². The molecular formula is C22H23N3O3S. The molecule has 29 heavy (non-hydrogen) atoms. The first-order valence-electron chi connectivity index (χ1n) is 9.57. The van der Waals surface area contributed by atoms with Crippen molar-refractivity contribution in [2.75, 3.05) is 18.8 Å². The maximum Gasteiger partial charge on any atom is 0.254 e. The van der Waals surface area contributed by atoms with E-state index in [-0.39, 0.29) is 17.6 Å². The van der Waals surface area contributed by atoms with E-state index in [1.807, 2.05) is 61.5 Å². The van der Waals surface area contributed by atoms with Crippen molar-refractivity contribution in [1.29, 1.82) is 0 Å². The smallest absolute Gasteiger partial charge is 0.254 e. The molecule has 1 aliphatic heterocycles. The second-order valence-electron chi connectivity index (χ2n) is 7.67. The Balaban J connectivity index is 1.71. The molecule has 4 rings (SSSR count). The highest BCUT2D eigenvalue weighted by molar-refractivity contribution is 7.89. The maximum absolute atomic E-state index is 13.3. The average Bonchev–Trinajstić information content (AvgIpc) is 3.13. The number of aryl methyl sites for hydroxylation is 1. The Kier molecular flexibility index (Phi) is 5.10. The molecule has 1 fully saturated rings. The van der Waals surface area contributed by atoms with Gasteiger partial charge in [0.05, 0.1) is 22.5 Å². The Bertz CT molecular complexity index is 1170. The highest BCUT2D eigenvalue weighted by Gasteiger charge is 2.30. The number of carbonyl (C=O) groups excluding carboxylic acids is 1. The monoisotopic (exact) mass is 409 g/mol. The molecule has 1 amide bonds. The molecule has 0 bridgehead atoms. The van der Waals surface area contributed by atoms with Crippen molar-refractivity contribution in [2.45, 2.75) is 13.3 Å². The summed E-state index contributed by atoms with van der Waals surface area (Å²) in [4.78, 5) is 19.8. The van der Waals surface area contributed by atoms with E-state index in [2.05, 4.69) is 0 Å².